The van der Waals surface area contributed by atoms with Crippen LogP contribution in [0.2, 0.25) is 5.02 Å². The van der Waals surface area contributed by atoms with E-state index in [2.05, 4.69) is 5.10 Å². The third kappa shape index (κ3) is 3.85. The van der Waals surface area contributed by atoms with Crippen molar-refractivity contribution < 1.29 is 19.1 Å². The van der Waals surface area contributed by atoms with Gasteiger partial charge in [0.25, 0.3) is 0 Å². The van der Waals surface area contributed by atoms with E-state index >= 15 is 0 Å². The summed E-state index contributed by atoms with van der Waals surface area (Å²) in [5, 5.41) is 7.03. The SMILES string of the molecule is CCOC(=O)C1=NN(c2cccc(Cl)c2)[C@]2(S1)SC(C(=O)OC)=C(C)N2c1ccccc1. The van der Waals surface area contributed by atoms with E-state index in [1.807, 2.05) is 54.3 Å². The lowest BCUT2D eigenvalue weighted by Crippen LogP contribution is -2.49. The summed E-state index contributed by atoms with van der Waals surface area (Å²) in [5.74, 6) is -0.985. The molecule has 0 N–H and O–H groups in total. The maximum atomic E-state index is 12.7. The molecule has 0 radical (unpaired) electrons. The van der Waals surface area contributed by atoms with Crippen molar-refractivity contribution in [2.45, 2.75) is 18.2 Å². The number of para-hydroxylation sites is 1. The Kier molecular flexibility index (Phi) is 6.41. The predicted octanol–water partition coefficient (Wildman–Crippen LogP) is 5.04. The van der Waals surface area contributed by atoms with E-state index in [4.69, 9.17) is 21.1 Å². The third-order valence-corrected chi connectivity index (χ3v) is 7.84. The lowest BCUT2D eigenvalue weighted by molar-refractivity contribution is -0.135. The molecule has 0 aliphatic carbocycles. The number of halogens is 1. The Bertz CT molecular complexity index is 1130. The fourth-order valence-corrected chi connectivity index (χ4v) is 6.59. The largest absolute Gasteiger partial charge is 0.465 e. The molecule has 1 spiro atoms. The lowest BCUT2D eigenvalue weighted by Gasteiger charge is -2.41. The number of nitrogens with zero attached hydrogens (tertiary/aromatic N) is 3. The first-order chi connectivity index (χ1) is 15.4. The number of ether oxygens (including phenoxy) is 2. The summed E-state index contributed by atoms with van der Waals surface area (Å²) in [6.07, 6.45) is 0. The Hall–Kier alpha value is -2.62. The Morgan fingerprint density at radius 3 is 2.44 bits per heavy atom. The van der Waals surface area contributed by atoms with E-state index in [1.54, 1.807) is 24.1 Å². The molecule has 2 aliphatic rings. The van der Waals surface area contributed by atoms with Crippen LogP contribution in [0.4, 0.5) is 11.4 Å². The highest BCUT2D eigenvalue weighted by Crippen LogP contribution is 2.60. The van der Waals surface area contributed by atoms with Crippen LogP contribution in [-0.4, -0.2) is 35.0 Å². The van der Waals surface area contributed by atoms with Crippen molar-refractivity contribution in [1.82, 2.24) is 0 Å². The van der Waals surface area contributed by atoms with Gasteiger partial charge in [-0.1, -0.05) is 47.6 Å². The maximum Gasteiger partial charge on any atom is 0.365 e. The molecule has 4 rings (SSSR count). The Morgan fingerprint density at radius 2 is 1.78 bits per heavy atom. The smallest absolute Gasteiger partial charge is 0.365 e. The van der Waals surface area contributed by atoms with Gasteiger partial charge in [-0.15, -0.1) is 0 Å². The summed E-state index contributed by atoms with van der Waals surface area (Å²) in [6.45, 7) is 3.81. The van der Waals surface area contributed by atoms with Gasteiger partial charge in [0.15, 0.2) is 0 Å². The van der Waals surface area contributed by atoms with Gasteiger partial charge < -0.3 is 14.4 Å². The first kappa shape index (κ1) is 22.6. The molecule has 7 nitrogen and oxygen atoms in total. The van der Waals surface area contributed by atoms with E-state index in [-0.39, 0.29) is 11.7 Å². The molecule has 0 aromatic heterocycles. The van der Waals surface area contributed by atoms with Gasteiger partial charge in [-0.05, 0) is 55.9 Å². The van der Waals surface area contributed by atoms with Gasteiger partial charge in [-0.2, -0.15) is 5.10 Å². The minimum absolute atomic E-state index is 0.180. The fraction of sp³-hybridized carbons (Fsp3) is 0.227. The summed E-state index contributed by atoms with van der Waals surface area (Å²) in [4.78, 5) is 27.7. The van der Waals surface area contributed by atoms with Crippen LogP contribution in [0.5, 0.6) is 0 Å². The van der Waals surface area contributed by atoms with Crippen molar-refractivity contribution in [3.63, 3.8) is 0 Å². The molecule has 32 heavy (non-hydrogen) atoms. The van der Waals surface area contributed by atoms with Gasteiger partial charge in [-0.25, -0.2) is 14.6 Å². The quantitative estimate of drug-likeness (QED) is 0.541. The zero-order valence-corrected chi connectivity index (χ0v) is 20.0. The number of allylic oxidation sites excluding steroid dienone is 1. The minimum atomic E-state index is -1.04. The van der Waals surface area contributed by atoms with Crippen LogP contribution in [-0.2, 0) is 19.1 Å². The molecular formula is C22H20ClN3O4S2. The molecule has 0 bridgehead atoms. The van der Waals surface area contributed by atoms with Crippen molar-refractivity contribution in [3.05, 3.63) is 70.2 Å². The zero-order chi connectivity index (χ0) is 22.9. The first-order valence-electron chi connectivity index (χ1n) is 9.75. The van der Waals surface area contributed by atoms with E-state index in [9.17, 15) is 9.59 Å². The highest BCUT2D eigenvalue weighted by atomic mass is 35.5. The molecule has 166 valence electrons. The fourth-order valence-electron chi connectivity index (χ4n) is 3.43. The second-order valence-corrected chi connectivity index (χ2v) is 9.78. The van der Waals surface area contributed by atoms with E-state index in [1.165, 1.54) is 30.6 Å². The standard InChI is InChI=1S/C22H20ClN3O4S2/c1-4-30-21(28)19-24-26(17-12-8-9-15(23)13-17)22(32-19)25(16-10-6-5-7-11-16)14(2)18(31-22)20(27)29-3/h5-13H,4H2,1-3H3/t22-/m0/s1. The molecule has 0 amide bonds. The number of carbonyl (C=O) groups excluding carboxylic acids is 2. The summed E-state index contributed by atoms with van der Waals surface area (Å²) < 4.78 is 9.23. The molecule has 0 unspecified atom stereocenters. The first-order valence-corrected chi connectivity index (χ1v) is 11.8. The van der Waals surface area contributed by atoms with Gasteiger partial charge in [0, 0.05) is 16.4 Å². The van der Waals surface area contributed by atoms with Gasteiger partial charge >= 0.3 is 11.9 Å². The van der Waals surface area contributed by atoms with Crippen LogP contribution >= 0.6 is 35.1 Å². The molecule has 10 heteroatoms. The van der Waals surface area contributed by atoms with Crippen molar-refractivity contribution in [2.24, 2.45) is 5.10 Å². The maximum absolute atomic E-state index is 12.7. The molecule has 0 saturated carbocycles. The third-order valence-electron chi connectivity index (χ3n) is 4.76. The normalized spacial score (nSPS) is 20.1. The minimum Gasteiger partial charge on any atom is -0.465 e. The number of anilines is 2. The van der Waals surface area contributed by atoms with E-state index < -0.39 is 16.3 Å². The van der Waals surface area contributed by atoms with E-state index in [0.29, 0.717) is 21.3 Å². The van der Waals surface area contributed by atoms with Crippen LogP contribution in [0.3, 0.4) is 0 Å². The Balaban J connectivity index is 1.90. The highest BCUT2D eigenvalue weighted by molar-refractivity contribution is 8.29. The monoisotopic (exact) mass is 489 g/mol. The number of hydrazone groups is 1. The summed E-state index contributed by atoms with van der Waals surface area (Å²) in [5.41, 5.74) is 2.18. The van der Waals surface area contributed by atoms with Gasteiger partial charge in [0.2, 0.25) is 9.37 Å². The summed E-state index contributed by atoms with van der Waals surface area (Å²) in [6, 6.07) is 16.8. The lowest BCUT2D eigenvalue weighted by atomic mass is 10.2. The number of esters is 2. The molecule has 2 aromatic rings. The van der Waals surface area contributed by atoms with Crippen LogP contribution in [0.25, 0.3) is 0 Å². The van der Waals surface area contributed by atoms with Crippen LogP contribution in [0, 0.1) is 0 Å². The number of benzene rings is 2. The molecular weight excluding hydrogens is 470 g/mol. The number of carbonyl (C=O) groups is 2. The Labute approximate surface area is 199 Å². The van der Waals surface area contributed by atoms with Gasteiger partial charge in [0.1, 0.15) is 4.91 Å². The number of hydrogen-bond acceptors (Lipinski definition) is 9. The van der Waals surface area contributed by atoms with Crippen molar-refractivity contribution in [2.75, 3.05) is 23.6 Å². The average Bonchev–Trinajstić information content (AvgIpc) is 3.32. The molecule has 0 saturated heterocycles. The average molecular weight is 490 g/mol. The number of hydrogen-bond donors (Lipinski definition) is 0. The summed E-state index contributed by atoms with van der Waals surface area (Å²) in [7, 11) is 1.35. The molecule has 1 atom stereocenters. The van der Waals surface area contributed by atoms with Crippen LogP contribution in [0.1, 0.15) is 13.8 Å². The molecule has 2 aromatic carbocycles. The number of thioether (sulfide) groups is 2. The van der Waals surface area contributed by atoms with E-state index in [0.717, 1.165) is 5.69 Å². The topological polar surface area (TPSA) is 71.4 Å². The zero-order valence-electron chi connectivity index (χ0n) is 17.6. The van der Waals surface area contributed by atoms with Crippen molar-refractivity contribution >= 4 is 63.5 Å². The molecule has 2 aliphatic heterocycles. The summed E-state index contributed by atoms with van der Waals surface area (Å²) >= 11 is 8.75. The second-order valence-electron chi connectivity index (χ2n) is 6.75. The Morgan fingerprint density at radius 1 is 1.06 bits per heavy atom. The second kappa shape index (κ2) is 9.09. The predicted molar refractivity (Wildman–Crippen MR) is 130 cm³/mol. The highest BCUT2D eigenvalue weighted by Gasteiger charge is 2.58. The van der Waals surface area contributed by atoms with Gasteiger partial charge in [0.05, 0.1) is 19.4 Å². The molecule has 0 fully saturated rings. The molecule has 2 heterocycles. The van der Waals surface area contributed by atoms with Crippen molar-refractivity contribution in [1.29, 1.82) is 0 Å². The number of methoxy groups -OCH3 is 1. The van der Waals surface area contributed by atoms with Gasteiger partial charge in [-0.3, -0.25) is 0 Å². The number of rotatable bonds is 5. The van der Waals surface area contributed by atoms with Crippen LogP contribution in [0.15, 0.2) is 70.3 Å². The van der Waals surface area contributed by atoms with Crippen molar-refractivity contribution in [3.8, 4) is 0 Å². The van der Waals surface area contributed by atoms with Crippen LogP contribution < -0.4 is 9.91 Å².